The van der Waals surface area contributed by atoms with Crippen LogP contribution in [0.3, 0.4) is 0 Å². The number of hydrogen-bond donors (Lipinski definition) is 0. The summed E-state index contributed by atoms with van der Waals surface area (Å²) < 4.78 is 39.4. The highest BCUT2D eigenvalue weighted by atomic mass is 19.1. The molecule has 0 bridgehead atoms. The van der Waals surface area contributed by atoms with E-state index in [-0.39, 0.29) is 16.7 Å². The number of rotatable bonds is 11. The summed E-state index contributed by atoms with van der Waals surface area (Å²) in [5, 5.41) is 15.0. The highest BCUT2D eigenvalue weighted by Gasteiger charge is 2.28. The standard InChI is InChI=1S/C81H49F2N7/c82-68-22-13-23-69(83)80(68)81-78(89-74-42-56(60-28-36-70(85-47-60)52-14-5-1-6-15-52)24-32-64(74)65-33-25-57(43-75(65)89)61-29-37-71(86-48-61)53-16-7-2-8-17-53)40-51(46-84)41-79(81)90-76-44-58(62-30-38-72(87-49-62)54-18-9-3-10-19-54)26-34-66(76)67-35-27-59(45-77(67)90)63-31-39-73(88-50-63)55-20-11-4-12-21-55/h1-45,47-50H. The third-order valence-corrected chi connectivity index (χ3v) is 17.1. The number of benzene rings is 10. The number of nitrogens with zero attached hydrogens (tertiary/aromatic N) is 7. The largest absolute Gasteiger partial charge is 0.308 e. The van der Waals surface area contributed by atoms with Crippen molar-refractivity contribution in [1.29, 1.82) is 5.26 Å². The fourth-order valence-corrected chi connectivity index (χ4v) is 12.7. The molecule has 7 nitrogen and oxygen atoms in total. The van der Waals surface area contributed by atoms with Crippen molar-refractivity contribution in [1.82, 2.24) is 29.1 Å². The van der Waals surface area contributed by atoms with Crippen molar-refractivity contribution in [2.75, 3.05) is 0 Å². The Balaban J connectivity index is 0.977. The lowest BCUT2D eigenvalue weighted by Gasteiger charge is -2.22. The normalized spacial score (nSPS) is 11.4. The molecule has 0 aliphatic heterocycles. The molecule has 0 fully saturated rings. The molecular weight excluding hydrogens is 1110 g/mol. The Morgan fingerprint density at radius 1 is 0.267 bits per heavy atom. The quantitative estimate of drug-likeness (QED) is 0.129. The summed E-state index contributed by atoms with van der Waals surface area (Å²) in [4.78, 5) is 19.7. The first kappa shape index (κ1) is 53.2. The number of fused-ring (bicyclic) bond motifs is 6. The molecule has 6 heterocycles. The van der Waals surface area contributed by atoms with Crippen LogP contribution in [-0.2, 0) is 0 Å². The molecule has 422 valence electrons. The zero-order chi connectivity index (χ0) is 60.2. The number of halogens is 2. The molecule has 0 radical (unpaired) electrons. The van der Waals surface area contributed by atoms with Crippen LogP contribution >= 0.6 is 0 Å². The molecule has 0 unspecified atom stereocenters. The summed E-state index contributed by atoms with van der Waals surface area (Å²) in [6.07, 6.45) is 7.51. The van der Waals surface area contributed by atoms with E-state index in [1.54, 1.807) is 12.1 Å². The average molecular weight is 1160 g/mol. The molecule has 0 spiro atoms. The number of pyridine rings is 4. The summed E-state index contributed by atoms with van der Waals surface area (Å²) in [5.74, 6) is -1.54. The van der Waals surface area contributed by atoms with Gasteiger partial charge in [0.05, 0.1) is 73.4 Å². The van der Waals surface area contributed by atoms with Gasteiger partial charge in [0, 0.05) is 96.4 Å². The van der Waals surface area contributed by atoms with Crippen molar-refractivity contribution in [2.45, 2.75) is 0 Å². The fraction of sp³-hybridized carbons (Fsp3) is 0. The van der Waals surface area contributed by atoms with Gasteiger partial charge in [-0.25, -0.2) is 8.78 Å². The Morgan fingerprint density at radius 2 is 0.544 bits per heavy atom. The lowest BCUT2D eigenvalue weighted by molar-refractivity contribution is 0.589. The molecule has 0 amide bonds. The molecule has 0 saturated carbocycles. The van der Waals surface area contributed by atoms with Crippen molar-refractivity contribution in [3.8, 4) is 118 Å². The van der Waals surface area contributed by atoms with Crippen molar-refractivity contribution in [3.63, 3.8) is 0 Å². The molecule has 16 aromatic rings. The molecule has 9 heteroatoms. The van der Waals surface area contributed by atoms with Gasteiger partial charge in [-0.05, 0) is 95.1 Å². The van der Waals surface area contributed by atoms with Crippen LogP contribution in [0, 0.1) is 23.0 Å². The van der Waals surface area contributed by atoms with Crippen LogP contribution in [0.5, 0.6) is 0 Å². The fourth-order valence-electron chi connectivity index (χ4n) is 12.7. The monoisotopic (exact) mass is 1160 g/mol. The van der Waals surface area contributed by atoms with E-state index in [1.165, 1.54) is 18.2 Å². The second kappa shape index (κ2) is 22.2. The van der Waals surface area contributed by atoms with Gasteiger partial charge in [0.15, 0.2) is 0 Å². The van der Waals surface area contributed by atoms with Gasteiger partial charge in [0.1, 0.15) is 11.6 Å². The molecule has 90 heavy (non-hydrogen) atoms. The van der Waals surface area contributed by atoms with Crippen molar-refractivity contribution < 1.29 is 8.78 Å². The van der Waals surface area contributed by atoms with Gasteiger partial charge < -0.3 is 9.13 Å². The molecule has 16 rings (SSSR count). The van der Waals surface area contributed by atoms with Crippen LogP contribution in [0.4, 0.5) is 8.78 Å². The first-order valence-corrected chi connectivity index (χ1v) is 29.7. The zero-order valence-corrected chi connectivity index (χ0v) is 48.2. The van der Waals surface area contributed by atoms with E-state index < -0.39 is 11.6 Å². The summed E-state index contributed by atoms with van der Waals surface area (Å²) in [7, 11) is 0. The smallest absolute Gasteiger partial charge is 0.134 e. The van der Waals surface area contributed by atoms with Crippen LogP contribution in [0.1, 0.15) is 5.56 Å². The predicted molar refractivity (Wildman–Crippen MR) is 360 cm³/mol. The first-order chi connectivity index (χ1) is 44.4. The van der Waals surface area contributed by atoms with Crippen LogP contribution < -0.4 is 0 Å². The molecule has 10 aromatic carbocycles. The third kappa shape index (κ3) is 9.44. The van der Waals surface area contributed by atoms with Gasteiger partial charge in [0.2, 0.25) is 0 Å². The van der Waals surface area contributed by atoms with Crippen LogP contribution in [0.2, 0.25) is 0 Å². The van der Waals surface area contributed by atoms with Gasteiger partial charge in [-0.15, -0.1) is 0 Å². The Morgan fingerprint density at radius 3 is 0.800 bits per heavy atom. The molecule has 6 aromatic heterocycles. The second-order valence-electron chi connectivity index (χ2n) is 22.4. The van der Waals surface area contributed by atoms with E-state index in [2.05, 4.69) is 112 Å². The van der Waals surface area contributed by atoms with Crippen LogP contribution in [0.15, 0.2) is 298 Å². The summed E-state index contributed by atoms with van der Waals surface area (Å²) in [6, 6.07) is 91.7. The molecule has 0 N–H and O–H groups in total. The van der Waals surface area contributed by atoms with Crippen LogP contribution in [0.25, 0.3) is 156 Å². The van der Waals surface area contributed by atoms with Gasteiger partial charge >= 0.3 is 0 Å². The topological polar surface area (TPSA) is 85.2 Å². The van der Waals surface area contributed by atoms with E-state index >= 15 is 8.78 Å². The van der Waals surface area contributed by atoms with Crippen molar-refractivity contribution >= 4 is 43.6 Å². The van der Waals surface area contributed by atoms with Gasteiger partial charge in [-0.2, -0.15) is 5.26 Å². The Hall–Kier alpha value is -12.3. The number of hydrogen-bond acceptors (Lipinski definition) is 5. The first-order valence-electron chi connectivity index (χ1n) is 29.7. The molecular formula is C81H49F2N7. The molecule has 0 aliphatic rings. The molecule has 0 aliphatic carbocycles. The van der Waals surface area contributed by atoms with Gasteiger partial charge in [-0.1, -0.05) is 200 Å². The maximum atomic E-state index is 17.6. The lowest BCUT2D eigenvalue weighted by Crippen LogP contribution is -2.07. The maximum Gasteiger partial charge on any atom is 0.134 e. The minimum Gasteiger partial charge on any atom is -0.308 e. The number of nitriles is 1. The summed E-state index contributed by atoms with van der Waals surface area (Å²) in [5.41, 5.74) is 18.3. The molecule has 0 atom stereocenters. The maximum absolute atomic E-state index is 17.6. The Bertz CT molecular complexity index is 4840. The minimum atomic E-state index is -0.769. The van der Waals surface area contributed by atoms with E-state index in [1.807, 2.05) is 170 Å². The van der Waals surface area contributed by atoms with E-state index in [0.717, 1.165) is 133 Å². The average Bonchev–Trinajstić information content (AvgIpc) is 1.53. The highest BCUT2D eigenvalue weighted by molar-refractivity contribution is 6.14. The predicted octanol–water partition coefficient (Wildman–Crippen LogP) is 20.6. The van der Waals surface area contributed by atoms with E-state index in [0.29, 0.717) is 11.4 Å². The van der Waals surface area contributed by atoms with E-state index in [9.17, 15) is 5.26 Å². The Kier molecular flexibility index (Phi) is 13.2. The Labute approximate surface area is 517 Å². The van der Waals surface area contributed by atoms with E-state index in [4.69, 9.17) is 19.9 Å². The molecule has 0 saturated heterocycles. The second-order valence-corrected chi connectivity index (χ2v) is 22.4. The highest BCUT2D eigenvalue weighted by Crippen LogP contribution is 2.47. The summed E-state index contributed by atoms with van der Waals surface area (Å²) >= 11 is 0. The van der Waals surface area contributed by atoms with Gasteiger partial charge in [-0.3, -0.25) is 19.9 Å². The zero-order valence-electron chi connectivity index (χ0n) is 48.2. The van der Waals surface area contributed by atoms with Gasteiger partial charge in [0.25, 0.3) is 0 Å². The van der Waals surface area contributed by atoms with Crippen molar-refractivity contribution in [3.05, 3.63) is 315 Å². The SMILES string of the molecule is N#Cc1cc(-n2c3cc(-c4ccc(-c5ccccc5)nc4)ccc3c3ccc(-c4ccc(-c5ccccc5)nc4)cc32)c(-c2c(F)cccc2F)c(-n2c3cc(-c4ccc(-c5ccccc5)nc4)ccc3c3ccc(-c4ccc(-c5ccccc5)nc4)cc32)c1. The third-order valence-electron chi connectivity index (χ3n) is 17.1. The summed E-state index contributed by atoms with van der Waals surface area (Å²) in [6.45, 7) is 0. The lowest BCUT2D eigenvalue weighted by atomic mass is 9.96. The minimum absolute atomic E-state index is 0.235. The number of aromatic nitrogens is 6. The van der Waals surface area contributed by atoms with Crippen LogP contribution in [-0.4, -0.2) is 29.1 Å². The van der Waals surface area contributed by atoms with Crippen molar-refractivity contribution in [2.24, 2.45) is 0 Å².